The normalized spacial score (nSPS) is 29.7. The summed E-state index contributed by atoms with van der Waals surface area (Å²) in [5.41, 5.74) is 0. The predicted molar refractivity (Wildman–Crippen MR) is 106 cm³/mol. The maximum atomic E-state index is 12.5. The minimum absolute atomic E-state index is 0.204. The highest BCUT2D eigenvalue weighted by atomic mass is 16.2. The summed E-state index contributed by atoms with van der Waals surface area (Å²) >= 11 is 0. The van der Waals surface area contributed by atoms with Crippen LogP contribution >= 0.6 is 0 Å². The lowest BCUT2D eigenvalue weighted by molar-refractivity contribution is -0.123. The van der Waals surface area contributed by atoms with Crippen LogP contribution in [0.1, 0.15) is 82.3 Å². The highest BCUT2D eigenvalue weighted by Crippen LogP contribution is 2.28. The van der Waals surface area contributed by atoms with Gasteiger partial charge in [-0.15, -0.1) is 10.2 Å². The van der Waals surface area contributed by atoms with Crippen LogP contribution < -0.4 is 5.32 Å². The summed E-state index contributed by atoms with van der Waals surface area (Å²) in [5.74, 6) is 3.78. The van der Waals surface area contributed by atoms with Crippen LogP contribution in [0, 0.1) is 5.92 Å². The molecule has 6 heteroatoms. The smallest absolute Gasteiger partial charge is 0.234 e. The number of hydrogen-bond acceptors (Lipinski definition) is 4. The molecule has 1 N–H and O–H groups in total. The number of fused-ring (bicyclic) bond motifs is 1. The number of nitrogens with one attached hydrogen (secondary N) is 1. The molecule has 3 aliphatic rings. The first-order chi connectivity index (χ1) is 13.2. The minimum atomic E-state index is 0.204. The molecule has 2 fully saturated rings. The van der Waals surface area contributed by atoms with E-state index in [1.165, 1.54) is 43.8 Å². The van der Waals surface area contributed by atoms with E-state index in [9.17, 15) is 4.79 Å². The number of rotatable bonds is 4. The van der Waals surface area contributed by atoms with Crippen LogP contribution in [-0.4, -0.2) is 51.2 Å². The number of carbonyl (C=O) groups is 1. The molecular weight excluding hydrogens is 338 g/mol. The van der Waals surface area contributed by atoms with E-state index in [0.717, 1.165) is 57.7 Å². The number of carbonyl (C=O) groups excluding carboxylic acids is 1. The molecule has 1 unspecified atom stereocenters. The van der Waals surface area contributed by atoms with Gasteiger partial charge in [0.15, 0.2) is 0 Å². The third kappa shape index (κ3) is 4.71. The summed E-state index contributed by atoms with van der Waals surface area (Å²) in [5, 5.41) is 12.3. The maximum absolute atomic E-state index is 12.5. The van der Waals surface area contributed by atoms with Gasteiger partial charge in [-0.25, -0.2) is 0 Å². The van der Waals surface area contributed by atoms with Crippen LogP contribution in [0.2, 0.25) is 0 Å². The van der Waals surface area contributed by atoms with Crippen molar-refractivity contribution in [1.29, 1.82) is 0 Å². The molecule has 3 heterocycles. The lowest BCUT2D eigenvalue weighted by atomic mass is 9.87. The van der Waals surface area contributed by atoms with Gasteiger partial charge in [0.05, 0.1) is 6.54 Å². The Bertz CT molecular complexity index is 635. The minimum Gasteiger partial charge on any atom is -0.352 e. The SMILES string of the molecule is CC1CCC(NC(=O)CN2CCCC(c3nnc4n3CCCCC4)C2)CC1. The quantitative estimate of drug-likeness (QED) is 0.881. The molecule has 1 saturated carbocycles. The van der Waals surface area contributed by atoms with E-state index in [4.69, 9.17) is 0 Å². The highest BCUT2D eigenvalue weighted by Gasteiger charge is 2.28. The van der Waals surface area contributed by atoms with Crippen LogP contribution in [0.3, 0.4) is 0 Å². The standard InChI is InChI=1S/C21H35N5O/c1-16-8-10-18(11-9-16)22-20(27)15-25-12-5-6-17(14-25)21-24-23-19-7-3-2-4-13-26(19)21/h16-18H,2-15H2,1H3,(H,22,27). The van der Waals surface area contributed by atoms with Gasteiger partial charge in [0, 0.05) is 31.5 Å². The third-order valence-corrected chi connectivity index (χ3v) is 6.76. The summed E-state index contributed by atoms with van der Waals surface area (Å²) in [7, 11) is 0. The van der Waals surface area contributed by atoms with Crippen molar-refractivity contribution < 1.29 is 4.79 Å². The van der Waals surface area contributed by atoms with E-state index in [1.54, 1.807) is 0 Å². The number of hydrogen-bond donors (Lipinski definition) is 1. The predicted octanol–water partition coefficient (Wildman–Crippen LogP) is 2.88. The van der Waals surface area contributed by atoms with Gasteiger partial charge in [-0.1, -0.05) is 13.3 Å². The first kappa shape index (κ1) is 18.9. The van der Waals surface area contributed by atoms with Crippen molar-refractivity contribution in [1.82, 2.24) is 25.0 Å². The average molecular weight is 374 g/mol. The van der Waals surface area contributed by atoms with Crippen LogP contribution in [-0.2, 0) is 17.8 Å². The van der Waals surface area contributed by atoms with Crippen molar-refractivity contribution >= 4 is 5.91 Å². The Labute approximate surface area is 163 Å². The molecule has 0 spiro atoms. The fraction of sp³-hybridized carbons (Fsp3) is 0.857. The summed E-state index contributed by atoms with van der Waals surface area (Å²) in [4.78, 5) is 14.9. The Morgan fingerprint density at radius 2 is 1.89 bits per heavy atom. The summed E-state index contributed by atoms with van der Waals surface area (Å²) in [6.07, 6.45) is 11.9. The number of amides is 1. The Morgan fingerprint density at radius 1 is 1.04 bits per heavy atom. The largest absolute Gasteiger partial charge is 0.352 e. The first-order valence-electron chi connectivity index (χ1n) is 11.1. The van der Waals surface area contributed by atoms with Crippen molar-refractivity contribution in [2.75, 3.05) is 19.6 Å². The third-order valence-electron chi connectivity index (χ3n) is 6.76. The molecular formula is C21H35N5O. The molecule has 1 amide bonds. The molecule has 0 aromatic carbocycles. The lowest BCUT2D eigenvalue weighted by Gasteiger charge is -2.33. The molecule has 0 bridgehead atoms. The number of nitrogens with zero attached hydrogens (tertiary/aromatic N) is 4. The fourth-order valence-corrected chi connectivity index (χ4v) is 5.10. The zero-order valence-electron chi connectivity index (χ0n) is 16.8. The molecule has 150 valence electrons. The molecule has 0 radical (unpaired) electrons. The van der Waals surface area contributed by atoms with Crippen molar-refractivity contribution in [2.24, 2.45) is 5.92 Å². The second kappa shape index (κ2) is 8.72. The Balaban J connectivity index is 1.32. The first-order valence-corrected chi connectivity index (χ1v) is 11.1. The number of likely N-dealkylation sites (tertiary alicyclic amines) is 1. The van der Waals surface area contributed by atoms with Crippen molar-refractivity contribution in [3.05, 3.63) is 11.6 Å². The maximum Gasteiger partial charge on any atom is 0.234 e. The van der Waals surface area contributed by atoms with E-state index in [1.807, 2.05) is 0 Å². The molecule has 6 nitrogen and oxygen atoms in total. The zero-order valence-corrected chi connectivity index (χ0v) is 16.8. The van der Waals surface area contributed by atoms with E-state index >= 15 is 0 Å². The molecule has 1 atom stereocenters. The van der Waals surface area contributed by atoms with Crippen molar-refractivity contribution in [2.45, 2.75) is 89.6 Å². The monoisotopic (exact) mass is 373 g/mol. The highest BCUT2D eigenvalue weighted by molar-refractivity contribution is 5.78. The van der Waals surface area contributed by atoms with Gasteiger partial charge in [0.25, 0.3) is 0 Å². The zero-order chi connectivity index (χ0) is 18.6. The van der Waals surface area contributed by atoms with Crippen LogP contribution in [0.15, 0.2) is 0 Å². The molecule has 1 aliphatic carbocycles. The van der Waals surface area contributed by atoms with Crippen LogP contribution in [0.4, 0.5) is 0 Å². The number of aromatic nitrogens is 3. The second-order valence-electron chi connectivity index (χ2n) is 9.04. The topological polar surface area (TPSA) is 63.1 Å². The van der Waals surface area contributed by atoms with E-state index in [0.29, 0.717) is 18.5 Å². The van der Waals surface area contributed by atoms with Gasteiger partial charge in [-0.05, 0) is 63.8 Å². The Morgan fingerprint density at radius 3 is 2.74 bits per heavy atom. The molecule has 27 heavy (non-hydrogen) atoms. The van der Waals surface area contributed by atoms with Crippen molar-refractivity contribution in [3.63, 3.8) is 0 Å². The van der Waals surface area contributed by atoms with Crippen LogP contribution in [0.25, 0.3) is 0 Å². The van der Waals surface area contributed by atoms with Gasteiger partial charge in [0.2, 0.25) is 5.91 Å². The van der Waals surface area contributed by atoms with Gasteiger partial charge in [-0.3, -0.25) is 9.69 Å². The molecule has 1 aromatic heterocycles. The lowest BCUT2D eigenvalue weighted by Crippen LogP contribution is -2.46. The van der Waals surface area contributed by atoms with E-state index in [2.05, 4.69) is 31.9 Å². The fourth-order valence-electron chi connectivity index (χ4n) is 5.10. The van der Waals surface area contributed by atoms with E-state index < -0.39 is 0 Å². The Kier molecular flexibility index (Phi) is 6.11. The molecule has 1 aromatic rings. The number of aryl methyl sites for hydroxylation is 1. The van der Waals surface area contributed by atoms with Gasteiger partial charge in [-0.2, -0.15) is 0 Å². The molecule has 1 saturated heterocycles. The second-order valence-corrected chi connectivity index (χ2v) is 9.04. The van der Waals surface area contributed by atoms with Gasteiger partial charge >= 0.3 is 0 Å². The van der Waals surface area contributed by atoms with Crippen LogP contribution in [0.5, 0.6) is 0 Å². The van der Waals surface area contributed by atoms with Gasteiger partial charge < -0.3 is 9.88 Å². The van der Waals surface area contributed by atoms with E-state index in [-0.39, 0.29) is 5.91 Å². The molecule has 4 rings (SSSR count). The summed E-state index contributed by atoms with van der Waals surface area (Å²) < 4.78 is 2.38. The summed E-state index contributed by atoms with van der Waals surface area (Å²) in [6.45, 7) is 5.87. The van der Waals surface area contributed by atoms with Crippen molar-refractivity contribution in [3.8, 4) is 0 Å². The molecule has 2 aliphatic heterocycles. The summed E-state index contributed by atoms with van der Waals surface area (Å²) in [6, 6.07) is 0.390. The number of piperidine rings is 1. The average Bonchev–Trinajstić information content (AvgIpc) is 2.92. The Hall–Kier alpha value is -1.43. The van der Waals surface area contributed by atoms with Gasteiger partial charge in [0.1, 0.15) is 11.6 Å².